The fourth-order valence-electron chi connectivity index (χ4n) is 2.30. The fourth-order valence-corrected chi connectivity index (χ4v) is 3.19. The molecule has 1 amide bonds. The van der Waals surface area contributed by atoms with Crippen LogP contribution in [0.15, 0.2) is 35.5 Å². The molecule has 0 N–H and O–H groups in total. The molecule has 1 aliphatic heterocycles. The third-order valence-electron chi connectivity index (χ3n) is 3.33. The number of rotatable bonds is 3. The molecule has 1 aliphatic rings. The number of carbonyl (C=O) groups excluding carboxylic acids is 1. The normalized spacial score (nSPS) is 15.1. The first-order valence-corrected chi connectivity index (χ1v) is 7.44. The van der Waals surface area contributed by atoms with Gasteiger partial charge in [0.15, 0.2) is 0 Å². The van der Waals surface area contributed by atoms with E-state index in [1.807, 2.05) is 29.2 Å². The van der Waals surface area contributed by atoms with Crippen LogP contribution in [0.25, 0.3) is 10.8 Å². The van der Waals surface area contributed by atoms with E-state index < -0.39 is 0 Å². The molecule has 0 aliphatic carbocycles. The Morgan fingerprint density at radius 1 is 1.26 bits per heavy atom. The number of amides is 1. The molecule has 5 heteroatoms. The molecule has 19 heavy (non-hydrogen) atoms. The maximum absolute atomic E-state index is 12.0. The van der Waals surface area contributed by atoms with Crippen LogP contribution in [0, 0.1) is 0 Å². The van der Waals surface area contributed by atoms with E-state index in [1.54, 1.807) is 6.20 Å². The van der Waals surface area contributed by atoms with Crippen LogP contribution < -0.4 is 0 Å². The minimum Gasteiger partial charge on any atom is -0.342 e. The molecule has 1 fully saturated rings. The van der Waals surface area contributed by atoms with Crippen molar-refractivity contribution >= 4 is 28.4 Å². The molecule has 2 aromatic rings. The molecule has 1 aromatic heterocycles. The van der Waals surface area contributed by atoms with Gasteiger partial charge in [0.2, 0.25) is 5.91 Å². The van der Waals surface area contributed by atoms with Crippen molar-refractivity contribution in [2.24, 2.45) is 0 Å². The fraction of sp³-hybridized carbons (Fsp3) is 0.357. The van der Waals surface area contributed by atoms with Crippen molar-refractivity contribution in [3.8, 4) is 0 Å². The zero-order valence-corrected chi connectivity index (χ0v) is 11.4. The Bertz CT molecular complexity index is 591. The predicted molar refractivity (Wildman–Crippen MR) is 76.1 cm³/mol. The maximum atomic E-state index is 12.0. The molecule has 0 atom stereocenters. The lowest BCUT2D eigenvalue weighted by Gasteiger charge is -2.14. The number of fused-ring (bicyclic) bond motifs is 1. The molecular weight excluding hydrogens is 258 g/mol. The third-order valence-corrected chi connectivity index (χ3v) is 4.29. The van der Waals surface area contributed by atoms with Crippen molar-refractivity contribution in [1.29, 1.82) is 0 Å². The van der Waals surface area contributed by atoms with Crippen molar-refractivity contribution < 1.29 is 4.79 Å². The van der Waals surface area contributed by atoms with Gasteiger partial charge in [0, 0.05) is 23.9 Å². The van der Waals surface area contributed by atoms with Gasteiger partial charge in [0.25, 0.3) is 0 Å². The Morgan fingerprint density at radius 3 is 2.89 bits per heavy atom. The lowest BCUT2D eigenvalue weighted by Crippen LogP contribution is -2.29. The van der Waals surface area contributed by atoms with Gasteiger partial charge < -0.3 is 4.90 Å². The second-order valence-corrected chi connectivity index (χ2v) is 5.58. The second-order valence-electron chi connectivity index (χ2n) is 4.61. The van der Waals surface area contributed by atoms with E-state index in [-0.39, 0.29) is 5.91 Å². The lowest BCUT2D eigenvalue weighted by atomic mass is 10.2. The highest BCUT2D eigenvalue weighted by molar-refractivity contribution is 8.00. The van der Waals surface area contributed by atoms with Crippen molar-refractivity contribution in [3.05, 3.63) is 30.5 Å². The van der Waals surface area contributed by atoms with E-state index in [9.17, 15) is 4.79 Å². The monoisotopic (exact) mass is 273 g/mol. The SMILES string of the molecule is O=C(CSc1nncc2ccccc12)N1CCCC1. The van der Waals surface area contributed by atoms with Gasteiger partial charge in [-0.15, -0.1) is 5.10 Å². The van der Waals surface area contributed by atoms with Crippen LogP contribution in [0.2, 0.25) is 0 Å². The zero-order chi connectivity index (χ0) is 13.1. The molecular formula is C14H15N3OS. The van der Waals surface area contributed by atoms with Crippen molar-refractivity contribution in [2.45, 2.75) is 17.9 Å². The summed E-state index contributed by atoms with van der Waals surface area (Å²) in [4.78, 5) is 13.9. The van der Waals surface area contributed by atoms with E-state index in [4.69, 9.17) is 0 Å². The van der Waals surface area contributed by atoms with Crippen LogP contribution in [0.5, 0.6) is 0 Å². The smallest absolute Gasteiger partial charge is 0.232 e. The molecule has 0 spiro atoms. The number of likely N-dealkylation sites (tertiary alicyclic amines) is 1. The number of hydrogen-bond acceptors (Lipinski definition) is 4. The van der Waals surface area contributed by atoms with Gasteiger partial charge in [0.05, 0.1) is 11.9 Å². The van der Waals surface area contributed by atoms with E-state index in [0.717, 1.165) is 41.7 Å². The first-order chi connectivity index (χ1) is 9.34. The quantitative estimate of drug-likeness (QED) is 0.805. The number of nitrogens with zero attached hydrogens (tertiary/aromatic N) is 3. The Morgan fingerprint density at radius 2 is 2.05 bits per heavy atom. The highest BCUT2D eigenvalue weighted by Crippen LogP contribution is 2.25. The summed E-state index contributed by atoms with van der Waals surface area (Å²) in [5, 5.41) is 11.1. The molecule has 1 aromatic carbocycles. The van der Waals surface area contributed by atoms with Crippen molar-refractivity contribution in [1.82, 2.24) is 15.1 Å². The number of benzene rings is 1. The molecule has 1 saturated heterocycles. The topological polar surface area (TPSA) is 46.1 Å². The molecule has 98 valence electrons. The van der Waals surface area contributed by atoms with Gasteiger partial charge in [-0.2, -0.15) is 5.10 Å². The van der Waals surface area contributed by atoms with Gasteiger partial charge in [-0.25, -0.2) is 0 Å². The standard InChI is InChI=1S/C14H15N3OS/c18-13(17-7-3-4-8-17)10-19-14-12-6-2-1-5-11(12)9-15-16-14/h1-2,5-6,9H,3-4,7-8,10H2. The lowest BCUT2D eigenvalue weighted by molar-refractivity contribution is -0.127. The molecule has 0 unspecified atom stereocenters. The highest BCUT2D eigenvalue weighted by atomic mass is 32.2. The minimum absolute atomic E-state index is 0.206. The van der Waals surface area contributed by atoms with Gasteiger partial charge in [-0.05, 0) is 12.8 Å². The minimum atomic E-state index is 0.206. The predicted octanol–water partition coefficient (Wildman–Crippen LogP) is 2.34. The molecule has 3 rings (SSSR count). The van der Waals surface area contributed by atoms with Crippen molar-refractivity contribution in [3.63, 3.8) is 0 Å². The van der Waals surface area contributed by atoms with Crippen LogP contribution in [0.1, 0.15) is 12.8 Å². The van der Waals surface area contributed by atoms with Crippen LogP contribution in [-0.2, 0) is 4.79 Å². The van der Waals surface area contributed by atoms with E-state index in [2.05, 4.69) is 10.2 Å². The number of thioether (sulfide) groups is 1. The summed E-state index contributed by atoms with van der Waals surface area (Å²) >= 11 is 1.48. The van der Waals surface area contributed by atoms with Gasteiger partial charge in [-0.1, -0.05) is 36.0 Å². The van der Waals surface area contributed by atoms with E-state index in [0.29, 0.717) is 5.75 Å². The number of aromatic nitrogens is 2. The second kappa shape index (κ2) is 5.57. The molecule has 0 bridgehead atoms. The molecule has 4 nitrogen and oxygen atoms in total. The Labute approximate surface area is 116 Å². The Kier molecular flexibility index (Phi) is 3.64. The summed E-state index contributed by atoms with van der Waals surface area (Å²) in [6.07, 6.45) is 4.01. The van der Waals surface area contributed by atoms with Crippen molar-refractivity contribution in [2.75, 3.05) is 18.8 Å². The van der Waals surface area contributed by atoms with E-state index in [1.165, 1.54) is 11.8 Å². The first-order valence-electron chi connectivity index (χ1n) is 6.45. The van der Waals surface area contributed by atoms with E-state index >= 15 is 0 Å². The number of hydrogen-bond donors (Lipinski definition) is 0. The van der Waals surface area contributed by atoms with Crippen LogP contribution in [-0.4, -0.2) is 39.8 Å². The van der Waals surface area contributed by atoms with Gasteiger partial charge in [0.1, 0.15) is 5.03 Å². The van der Waals surface area contributed by atoms with Crippen LogP contribution in [0.4, 0.5) is 0 Å². The largest absolute Gasteiger partial charge is 0.342 e. The average molecular weight is 273 g/mol. The summed E-state index contributed by atoms with van der Waals surface area (Å²) in [5.41, 5.74) is 0. The third kappa shape index (κ3) is 2.71. The maximum Gasteiger partial charge on any atom is 0.232 e. The summed E-state index contributed by atoms with van der Waals surface area (Å²) in [6, 6.07) is 7.99. The molecule has 0 radical (unpaired) electrons. The Hall–Kier alpha value is -1.62. The highest BCUT2D eigenvalue weighted by Gasteiger charge is 2.18. The average Bonchev–Trinajstić information content (AvgIpc) is 2.99. The van der Waals surface area contributed by atoms with Crippen LogP contribution in [0.3, 0.4) is 0 Å². The number of carbonyl (C=O) groups is 1. The summed E-state index contributed by atoms with van der Waals surface area (Å²) < 4.78 is 0. The van der Waals surface area contributed by atoms with Crippen LogP contribution >= 0.6 is 11.8 Å². The summed E-state index contributed by atoms with van der Waals surface area (Å²) in [7, 11) is 0. The summed E-state index contributed by atoms with van der Waals surface area (Å²) in [5.74, 6) is 0.653. The zero-order valence-electron chi connectivity index (χ0n) is 10.6. The summed E-state index contributed by atoms with van der Waals surface area (Å²) in [6.45, 7) is 1.81. The molecule has 2 heterocycles. The first kappa shape index (κ1) is 12.4. The Balaban J connectivity index is 1.73. The molecule has 0 saturated carbocycles. The van der Waals surface area contributed by atoms with Gasteiger partial charge in [-0.3, -0.25) is 4.79 Å². The van der Waals surface area contributed by atoms with Gasteiger partial charge >= 0.3 is 0 Å².